The maximum absolute atomic E-state index is 12.2. The van der Waals surface area contributed by atoms with E-state index in [9.17, 15) is 40.5 Å². The molecule has 1 fully saturated rings. The van der Waals surface area contributed by atoms with Crippen molar-refractivity contribution in [2.24, 2.45) is 5.41 Å². The zero-order valence-electron chi connectivity index (χ0n) is 20.8. The second kappa shape index (κ2) is 13.5. The van der Waals surface area contributed by atoms with Crippen molar-refractivity contribution in [3.63, 3.8) is 0 Å². The van der Waals surface area contributed by atoms with Crippen LogP contribution in [0.1, 0.15) is 47.6 Å². The van der Waals surface area contributed by atoms with Gasteiger partial charge in [0.05, 0.1) is 26.4 Å². The Hall–Kier alpha value is -2.21. The van der Waals surface area contributed by atoms with Crippen molar-refractivity contribution in [1.82, 2.24) is 0 Å². The van der Waals surface area contributed by atoms with E-state index in [0.717, 1.165) is 16.7 Å². The summed E-state index contributed by atoms with van der Waals surface area (Å²) in [6.07, 6.45) is -3.81. The first-order valence-electron chi connectivity index (χ1n) is 12.6. The molecule has 1 heterocycles. The van der Waals surface area contributed by atoms with Crippen molar-refractivity contribution in [3.8, 4) is 0 Å². The number of aryl methyl sites for hydroxylation is 1. The lowest BCUT2D eigenvalue weighted by Gasteiger charge is -2.40. The monoisotopic (exact) mass is 518 g/mol. The van der Waals surface area contributed by atoms with Crippen LogP contribution < -0.4 is 0 Å². The summed E-state index contributed by atoms with van der Waals surface area (Å²) in [5, 5.41) is 68.1. The molecule has 5 atom stereocenters. The molecule has 9 nitrogen and oxygen atoms in total. The average molecular weight is 519 g/mol. The van der Waals surface area contributed by atoms with Gasteiger partial charge in [0.2, 0.25) is 0 Å². The van der Waals surface area contributed by atoms with Gasteiger partial charge in [-0.1, -0.05) is 48.5 Å². The Kier molecular flexibility index (Phi) is 10.7. The molecule has 7 N–H and O–H groups in total. The number of aliphatic hydroxyl groups is 7. The van der Waals surface area contributed by atoms with Gasteiger partial charge in [-0.05, 0) is 41.5 Å². The molecule has 0 aliphatic carbocycles. The molecule has 0 spiro atoms. The van der Waals surface area contributed by atoms with Crippen LogP contribution in [0.15, 0.2) is 48.5 Å². The summed E-state index contributed by atoms with van der Waals surface area (Å²) in [7, 11) is 0. The van der Waals surface area contributed by atoms with Gasteiger partial charge in [0.15, 0.2) is 0 Å². The number of ketones is 1. The molecule has 1 saturated heterocycles. The van der Waals surface area contributed by atoms with Crippen molar-refractivity contribution in [2.45, 2.75) is 62.6 Å². The fraction of sp³-hybridized carbons (Fsp3) is 0.536. The average Bonchev–Trinajstić information content (AvgIpc) is 2.92. The van der Waals surface area contributed by atoms with Crippen LogP contribution in [0.5, 0.6) is 0 Å². The molecule has 0 aromatic heterocycles. The number of Topliss-reactive ketones (excluding diaryl/α,β-unsaturated/α-hetero) is 1. The van der Waals surface area contributed by atoms with E-state index in [1.165, 1.54) is 0 Å². The second-order valence-corrected chi connectivity index (χ2v) is 10.0. The topological polar surface area (TPSA) is 168 Å². The summed E-state index contributed by atoms with van der Waals surface area (Å²) < 4.78 is 5.67. The molecule has 3 rings (SSSR count). The fourth-order valence-electron chi connectivity index (χ4n) is 4.63. The Balaban J connectivity index is 1.55. The minimum absolute atomic E-state index is 0.0579. The van der Waals surface area contributed by atoms with Crippen LogP contribution >= 0.6 is 0 Å². The molecule has 2 aromatic rings. The SMILES string of the molecule is O=C(CCCc1ccc(Cc2cccc([C@@H]3O[C@H](CO)[C@@H](O)[C@H](O)[C@H]3O)c2)cc1)CC(CO)(CO)CO. The quantitative estimate of drug-likeness (QED) is 0.194. The standard InChI is InChI=1S/C28H38O9/c29-14-23-24(34)25(35)26(36)27(37-23)21-5-1-4-20(12-21)11-19-9-7-18(8-10-19)3-2-6-22(33)13-28(15-30,16-31)17-32/h1,4-5,7-10,12,23-27,29-32,34-36H,2-3,6,11,13-17H2/t23-,24-,25+,26-,27+/m1/s1. The third-order valence-electron chi connectivity index (χ3n) is 7.10. The maximum atomic E-state index is 12.2. The lowest BCUT2D eigenvalue weighted by atomic mass is 9.84. The molecule has 204 valence electrons. The number of carbonyl (C=O) groups excluding carboxylic acids is 1. The lowest BCUT2D eigenvalue weighted by Crippen LogP contribution is -2.55. The van der Waals surface area contributed by atoms with E-state index >= 15 is 0 Å². The number of carbonyl (C=O) groups is 1. The van der Waals surface area contributed by atoms with E-state index in [0.29, 0.717) is 31.2 Å². The zero-order valence-corrected chi connectivity index (χ0v) is 20.8. The molecule has 0 radical (unpaired) electrons. The minimum atomic E-state index is -1.43. The van der Waals surface area contributed by atoms with Gasteiger partial charge in [0.25, 0.3) is 0 Å². The smallest absolute Gasteiger partial charge is 0.133 e. The summed E-state index contributed by atoms with van der Waals surface area (Å²) in [6, 6.07) is 15.4. The Morgan fingerprint density at radius 3 is 2.08 bits per heavy atom. The van der Waals surface area contributed by atoms with E-state index in [1.54, 1.807) is 6.07 Å². The van der Waals surface area contributed by atoms with Crippen LogP contribution in [0.3, 0.4) is 0 Å². The summed E-state index contributed by atoms with van der Waals surface area (Å²) >= 11 is 0. The van der Waals surface area contributed by atoms with Crippen LogP contribution in [0.2, 0.25) is 0 Å². The Labute approximate surface area is 216 Å². The first-order chi connectivity index (χ1) is 17.8. The van der Waals surface area contributed by atoms with E-state index < -0.39 is 62.4 Å². The molecular formula is C28H38O9. The lowest BCUT2D eigenvalue weighted by molar-refractivity contribution is -0.231. The number of hydrogen-bond acceptors (Lipinski definition) is 9. The summed E-state index contributed by atoms with van der Waals surface area (Å²) in [5.74, 6) is -0.104. The van der Waals surface area contributed by atoms with Crippen molar-refractivity contribution in [2.75, 3.05) is 26.4 Å². The van der Waals surface area contributed by atoms with Crippen LogP contribution in [0.25, 0.3) is 0 Å². The van der Waals surface area contributed by atoms with Crippen LogP contribution in [0.4, 0.5) is 0 Å². The molecule has 1 aliphatic rings. The van der Waals surface area contributed by atoms with Crippen LogP contribution in [-0.4, -0.2) is 92.4 Å². The van der Waals surface area contributed by atoms with Crippen molar-refractivity contribution in [1.29, 1.82) is 0 Å². The highest BCUT2D eigenvalue weighted by atomic mass is 16.5. The number of hydrogen-bond donors (Lipinski definition) is 7. The largest absolute Gasteiger partial charge is 0.396 e. The summed E-state index contributed by atoms with van der Waals surface area (Å²) in [4.78, 5) is 12.2. The van der Waals surface area contributed by atoms with Crippen molar-refractivity contribution >= 4 is 5.78 Å². The van der Waals surface area contributed by atoms with E-state index in [-0.39, 0.29) is 12.2 Å². The van der Waals surface area contributed by atoms with Crippen LogP contribution in [-0.2, 0) is 22.4 Å². The molecule has 9 heteroatoms. The maximum Gasteiger partial charge on any atom is 0.133 e. The predicted molar refractivity (Wildman–Crippen MR) is 135 cm³/mol. The van der Waals surface area contributed by atoms with E-state index in [2.05, 4.69) is 0 Å². The second-order valence-electron chi connectivity index (χ2n) is 10.0. The van der Waals surface area contributed by atoms with Gasteiger partial charge in [-0.25, -0.2) is 0 Å². The molecule has 0 bridgehead atoms. The Morgan fingerprint density at radius 2 is 1.46 bits per heavy atom. The number of rotatable bonds is 13. The van der Waals surface area contributed by atoms with E-state index in [4.69, 9.17) is 4.74 Å². The predicted octanol–water partition coefficient (Wildman–Crippen LogP) is 0.0375. The van der Waals surface area contributed by atoms with Gasteiger partial charge in [-0.15, -0.1) is 0 Å². The van der Waals surface area contributed by atoms with Crippen LogP contribution in [0, 0.1) is 5.41 Å². The Morgan fingerprint density at radius 1 is 0.811 bits per heavy atom. The third kappa shape index (κ3) is 7.43. The molecule has 1 aliphatic heterocycles. The Bertz CT molecular complexity index is 979. The van der Waals surface area contributed by atoms with E-state index in [1.807, 2.05) is 42.5 Å². The first kappa shape index (κ1) is 29.3. The highest BCUT2D eigenvalue weighted by molar-refractivity contribution is 5.79. The zero-order chi connectivity index (χ0) is 27.0. The molecule has 0 saturated carbocycles. The van der Waals surface area contributed by atoms with Crippen molar-refractivity contribution < 1.29 is 45.3 Å². The van der Waals surface area contributed by atoms with Gasteiger partial charge >= 0.3 is 0 Å². The number of ether oxygens (including phenoxy) is 1. The highest BCUT2D eigenvalue weighted by Crippen LogP contribution is 2.33. The number of aliphatic hydroxyl groups excluding tert-OH is 7. The molecule has 0 unspecified atom stereocenters. The third-order valence-corrected chi connectivity index (χ3v) is 7.10. The fourth-order valence-corrected chi connectivity index (χ4v) is 4.63. The highest BCUT2D eigenvalue weighted by Gasteiger charge is 2.43. The van der Waals surface area contributed by atoms with Gasteiger partial charge in [-0.3, -0.25) is 4.79 Å². The molecular weight excluding hydrogens is 480 g/mol. The van der Waals surface area contributed by atoms with Gasteiger partial charge in [0, 0.05) is 18.3 Å². The number of benzene rings is 2. The normalized spacial score (nSPS) is 24.2. The summed E-state index contributed by atoms with van der Waals surface area (Å²) in [6.45, 7) is -1.81. The van der Waals surface area contributed by atoms with Gasteiger partial charge in [-0.2, -0.15) is 0 Å². The summed E-state index contributed by atoms with van der Waals surface area (Å²) in [5.41, 5.74) is 2.57. The van der Waals surface area contributed by atoms with Gasteiger partial charge < -0.3 is 40.5 Å². The van der Waals surface area contributed by atoms with Crippen molar-refractivity contribution in [3.05, 3.63) is 70.8 Å². The molecule has 0 amide bonds. The first-order valence-corrected chi connectivity index (χ1v) is 12.6. The van der Waals surface area contributed by atoms with Gasteiger partial charge in [0.1, 0.15) is 36.3 Å². The molecule has 2 aromatic carbocycles. The molecule has 37 heavy (non-hydrogen) atoms. The minimum Gasteiger partial charge on any atom is -0.396 e.